The van der Waals surface area contributed by atoms with Gasteiger partial charge in [0, 0.05) is 39.1 Å². The smallest absolute Gasteiger partial charge is 0.275 e. The number of nitro groups is 1. The molecular formula is C14H15BrN2O3S. The first-order chi connectivity index (χ1) is 9.94. The number of anilines is 1. The average molecular weight is 371 g/mol. The molecule has 0 spiro atoms. The summed E-state index contributed by atoms with van der Waals surface area (Å²) in [7, 11) is 0. The van der Waals surface area contributed by atoms with Crippen LogP contribution in [-0.2, 0) is 6.54 Å². The van der Waals surface area contributed by atoms with E-state index < -0.39 is 4.92 Å². The molecule has 7 heteroatoms. The van der Waals surface area contributed by atoms with Gasteiger partial charge in [-0.05, 0) is 35.8 Å². The first-order valence-corrected chi connectivity index (χ1v) is 8.04. The van der Waals surface area contributed by atoms with Gasteiger partial charge < -0.3 is 10.1 Å². The van der Waals surface area contributed by atoms with Crippen molar-refractivity contribution in [2.24, 2.45) is 0 Å². The summed E-state index contributed by atoms with van der Waals surface area (Å²) in [6, 6.07) is 6.74. The molecule has 0 aliphatic carbocycles. The standard InChI is InChI=1S/C14H15BrN2O3S/c1-9(2)20-13-5-11(4-12(6-13)17(18)19)16-7-14-3-10(15)8-21-14/h3-6,8-9,16H,7H2,1-2H3. The number of benzene rings is 1. The van der Waals surface area contributed by atoms with Gasteiger partial charge in [0.2, 0.25) is 0 Å². The second-order valence-corrected chi connectivity index (χ2v) is 6.64. The molecule has 0 amide bonds. The maximum Gasteiger partial charge on any atom is 0.275 e. The summed E-state index contributed by atoms with van der Waals surface area (Å²) in [5.74, 6) is 0.495. The SMILES string of the molecule is CC(C)Oc1cc(NCc2cc(Br)cs2)cc([N+](=O)[O-])c1. The van der Waals surface area contributed by atoms with Gasteiger partial charge in [0.05, 0.1) is 17.1 Å². The molecule has 1 heterocycles. The second kappa shape index (κ2) is 6.91. The van der Waals surface area contributed by atoms with Crippen molar-refractivity contribution in [3.8, 4) is 5.75 Å². The van der Waals surface area contributed by atoms with Crippen molar-refractivity contribution in [3.63, 3.8) is 0 Å². The monoisotopic (exact) mass is 370 g/mol. The quantitative estimate of drug-likeness (QED) is 0.584. The molecule has 1 aromatic heterocycles. The Morgan fingerprint density at radius 2 is 2.14 bits per heavy atom. The molecule has 0 atom stereocenters. The van der Waals surface area contributed by atoms with Gasteiger partial charge in [-0.3, -0.25) is 10.1 Å². The second-order valence-electron chi connectivity index (χ2n) is 4.72. The van der Waals surface area contributed by atoms with Gasteiger partial charge in [-0.1, -0.05) is 0 Å². The summed E-state index contributed by atoms with van der Waals surface area (Å²) in [5, 5.41) is 16.2. The number of nitrogens with one attached hydrogen (secondary N) is 1. The van der Waals surface area contributed by atoms with Gasteiger partial charge in [0.1, 0.15) is 5.75 Å². The molecule has 112 valence electrons. The van der Waals surface area contributed by atoms with Crippen LogP contribution in [0.25, 0.3) is 0 Å². The number of thiophene rings is 1. The highest BCUT2D eigenvalue weighted by Crippen LogP contribution is 2.28. The minimum absolute atomic E-state index is 0.0167. The Labute approximate surface area is 135 Å². The fourth-order valence-corrected chi connectivity index (χ4v) is 3.16. The van der Waals surface area contributed by atoms with Crippen molar-refractivity contribution in [2.45, 2.75) is 26.5 Å². The number of rotatable bonds is 6. The Morgan fingerprint density at radius 3 is 2.71 bits per heavy atom. The topological polar surface area (TPSA) is 64.4 Å². The number of nitro benzene ring substituents is 1. The number of non-ortho nitro benzene ring substituents is 1. The van der Waals surface area contributed by atoms with Gasteiger partial charge in [0.25, 0.3) is 5.69 Å². The zero-order chi connectivity index (χ0) is 15.4. The van der Waals surface area contributed by atoms with Crippen LogP contribution in [0.1, 0.15) is 18.7 Å². The summed E-state index contributed by atoms with van der Waals surface area (Å²) < 4.78 is 6.59. The molecule has 0 saturated heterocycles. The molecule has 1 aromatic carbocycles. The molecule has 5 nitrogen and oxygen atoms in total. The number of hydrogen-bond acceptors (Lipinski definition) is 5. The molecule has 0 aliphatic heterocycles. The van der Waals surface area contributed by atoms with E-state index in [2.05, 4.69) is 21.2 Å². The molecule has 2 aromatic rings. The Balaban J connectivity index is 2.16. The predicted molar refractivity (Wildman–Crippen MR) is 88.2 cm³/mol. The van der Waals surface area contributed by atoms with Crippen molar-refractivity contribution >= 4 is 38.6 Å². The largest absolute Gasteiger partial charge is 0.491 e. The van der Waals surface area contributed by atoms with Crippen molar-refractivity contribution in [1.29, 1.82) is 0 Å². The molecule has 2 rings (SSSR count). The number of hydrogen-bond donors (Lipinski definition) is 1. The van der Waals surface area contributed by atoms with Crippen molar-refractivity contribution in [1.82, 2.24) is 0 Å². The normalized spacial score (nSPS) is 10.7. The lowest BCUT2D eigenvalue weighted by molar-refractivity contribution is -0.384. The van der Waals surface area contributed by atoms with Crippen LogP contribution in [0.5, 0.6) is 5.75 Å². The predicted octanol–water partition coefficient (Wildman–Crippen LogP) is 4.82. The van der Waals surface area contributed by atoms with Crippen LogP contribution in [0.3, 0.4) is 0 Å². The molecular weight excluding hydrogens is 356 g/mol. The fraction of sp³-hybridized carbons (Fsp3) is 0.286. The molecule has 21 heavy (non-hydrogen) atoms. The third kappa shape index (κ3) is 4.71. The zero-order valence-electron chi connectivity index (χ0n) is 11.6. The first-order valence-electron chi connectivity index (χ1n) is 6.37. The average Bonchev–Trinajstić information content (AvgIpc) is 2.81. The van der Waals surface area contributed by atoms with Gasteiger partial charge >= 0.3 is 0 Å². The summed E-state index contributed by atoms with van der Waals surface area (Å²) in [6.45, 7) is 4.38. The lowest BCUT2D eigenvalue weighted by Gasteiger charge is -2.12. The Bertz CT molecular complexity index is 643. The maximum absolute atomic E-state index is 11.0. The number of nitrogens with zero attached hydrogens (tertiary/aromatic N) is 1. The molecule has 0 fully saturated rings. The van der Waals surface area contributed by atoms with E-state index >= 15 is 0 Å². The van der Waals surface area contributed by atoms with Gasteiger partial charge in [0.15, 0.2) is 0 Å². The van der Waals surface area contributed by atoms with Gasteiger partial charge in [-0.25, -0.2) is 0 Å². The fourth-order valence-electron chi connectivity index (χ4n) is 1.77. The van der Waals surface area contributed by atoms with Gasteiger partial charge in [-0.15, -0.1) is 11.3 Å². The summed E-state index contributed by atoms with van der Waals surface area (Å²) in [4.78, 5) is 11.7. The van der Waals surface area contributed by atoms with E-state index in [0.29, 0.717) is 18.0 Å². The van der Waals surface area contributed by atoms with E-state index in [1.165, 1.54) is 12.1 Å². The highest BCUT2D eigenvalue weighted by molar-refractivity contribution is 9.10. The Hall–Kier alpha value is -1.60. The van der Waals surface area contributed by atoms with Crippen LogP contribution in [0, 0.1) is 10.1 Å². The zero-order valence-corrected chi connectivity index (χ0v) is 14.0. The molecule has 0 aliphatic rings. The van der Waals surface area contributed by atoms with Crippen LogP contribution in [0.2, 0.25) is 0 Å². The Morgan fingerprint density at radius 1 is 1.38 bits per heavy atom. The van der Waals surface area contributed by atoms with E-state index in [0.717, 1.165) is 9.35 Å². The van der Waals surface area contributed by atoms with Crippen LogP contribution < -0.4 is 10.1 Å². The van der Waals surface area contributed by atoms with Crippen LogP contribution in [-0.4, -0.2) is 11.0 Å². The maximum atomic E-state index is 11.0. The van der Waals surface area contributed by atoms with Crippen molar-refractivity contribution in [3.05, 3.63) is 49.1 Å². The van der Waals surface area contributed by atoms with Crippen LogP contribution in [0.4, 0.5) is 11.4 Å². The van der Waals surface area contributed by atoms with Crippen LogP contribution in [0.15, 0.2) is 34.1 Å². The van der Waals surface area contributed by atoms with E-state index in [9.17, 15) is 10.1 Å². The lowest BCUT2D eigenvalue weighted by atomic mass is 10.2. The summed E-state index contributed by atoms with van der Waals surface area (Å²) in [6.07, 6.45) is -0.0342. The molecule has 0 saturated carbocycles. The third-order valence-corrected chi connectivity index (χ3v) is 4.26. The number of ether oxygens (including phenoxy) is 1. The summed E-state index contributed by atoms with van der Waals surface area (Å²) >= 11 is 5.02. The minimum Gasteiger partial charge on any atom is -0.491 e. The van der Waals surface area contributed by atoms with E-state index in [-0.39, 0.29) is 11.8 Å². The van der Waals surface area contributed by atoms with E-state index in [1.807, 2.05) is 25.3 Å². The molecule has 0 bridgehead atoms. The van der Waals surface area contributed by atoms with Crippen LogP contribution >= 0.6 is 27.3 Å². The Kier molecular flexibility index (Phi) is 5.19. The first kappa shape index (κ1) is 15.8. The highest BCUT2D eigenvalue weighted by Gasteiger charge is 2.11. The lowest BCUT2D eigenvalue weighted by Crippen LogP contribution is -2.06. The molecule has 0 unspecified atom stereocenters. The minimum atomic E-state index is -0.417. The van der Waals surface area contributed by atoms with Gasteiger partial charge in [-0.2, -0.15) is 0 Å². The highest BCUT2D eigenvalue weighted by atomic mass is 79.9. The summed E-state index contributed by atoms with van der Waals surface area (Å²) in [5.41, 5.74) is 0.687. The third-order valence-electron chi connectivity index (χ3n) is 2.56. The molecule has 0 radical (unpaired) electrons. The van der Waals surface area contributed by atoms with Crippen molar-refractivity contribution < 1.29 is 9.66 Å². The number of halogens is 1. The van der Waals surface area contributed by atoms with Crippen molar-refractivity contribution in [2.75, 3.05) is 5.32 Å². The van der Waals surface area contributed by atoms with E-state index in [1.54, 1.807) is 17.4 Å². The van der Waals surface area contributed by atoms with E-state index in [4.69, 9.17) is 4.74 Å². The molecule has 1 N–H and O–H groups in total.